The molecule has 2 aromatic carbocycles. The van der Waals surface area contributed by atoms with Crippen LogP contribution in [0.2, 0.25) is 0 Å². The van der Waals surface area contributed by atoms with Crippen molar-refractivity contribution in [2.75, 3.05) is 7.11 Å². The summed E-state index contributed by atoms with van der Waals surface area (Å²) >= 11 is 0. The minimum Gasteiger partial charge on any atom is -0.469 e. The zero-order valence-electron chi connectivity index (χ0n) is 20.0. The Hall–Kier alpha value is -3.55. The third kappa shape index (κ3) is 8.14. The molecule has 0 aliphatic rings. The minimum absolute atomic E-state index is 0.243. The maximum Gasteiger partial charge on any atom is 0.426 e. The van der Waals surface area contributed by atoms with Gasteiger partial charge in [0.2, 0.25) is 5.91 Å². The van der Waals surface area contributed by atoms with Crippen LogP contribution < -0.4 is 15.6 Å². The van der Waals surface area contributed by atoms with Crippen molar-refractivity contribution in [3.8, 4) is 11.5 Å². The second-order valence-electron chi connectivity index (χ2n) is 9.05. The van der Waals surface area contributed by atoms with E-state index in [1.54, 1.807) is 58.9 Å². The molecule has 0 aliphatic carbocycles. The first-order chi connectivity index (χ1) is 15.4. The van der Waals surface area contributed by atoms with Crippen LogP contribution in [-0.2, 0) is 30.9 Å². The number of benzene rings is 2. The lowest BCUT2D eigenvalue weighted by molar-refractivity contribution is -0.140. The van der Waals surface area contributed by atoms with Gasteiger partial charge in [0.05, 0.1) is 12.5 Å². The van der Waals surface area contributed by atoms with E-state index in [9.17, 15) is 14.4 Å². The van der Waals surface area contributed by atoms with E-state index < -0.39 is 17.1 Å². The normalized spacial score (nSPS) is 11.3. The molecule has 33 heavy (non-hydrogen) atoms. The highest BCUT2D eigenvalue weighted by Gasteiger charge is 2.30. The van der Waals surface area contributed by atoms with Crippen LogP contribution in [0.4, 0.5) is 4.79 Å². The maximum absolute atomic E-state index is 12.6. The number of rotatable bonds is 7. The standard InChI is InChI=1S/C25H32N2O6/c1-24(2,3)33-23(30)27-26-22(29)25(4,5)18-10-14-20(15-11-18)32-19-12-7-17(8-13-19)9-16-21(28)31-6/h7-8,10-15H,9,16H2,1-6H3,(H,26,29)(H,27,30). The highest BCUT2D eigenvalue weighted by atomic mass is 16.6. The average molecular weight is 457 g/mol. The summed E-state index contributed by atoms with van der Waals surface area (Å²) in [5, 5.41) is 0. The van der Waals surface area contributed by atoms with E-state index in [1.807, 2.05) is 24.3 Å². The predicted molar refractivity (Wildman–Crippen MR) is 124 cm³/mol. The summed E-state index contributed by atoms with van der Waals surface area (Å²) in [6, 6.07) is 14.6. The number of aryl methyl sites for hydroxylation is 1. The minimum atomic E-state index is -0.908. The second kappa shape index (κ2) is 10.8. The van der Waals surface area contributed by atoms with Crippen molar-refractivity contribution in [1.82, 2.24) is 10.9 Å². The zero-order valence-corrected chi connectivity index (χ0v) is 20.0. The molecule has 0 heterocycles. The SMILES string of the molecule is COC(=O)CCc1ccc(Oc2ccc(C(C)(C)C(=O)NNC(=O)OC(C)(C)C)cc2)cc1. The molecule has 2 rings (SSSR count). The van der Waals surface area contributed by atoms with E-state index >= 15 is 0 Å². The van der Waals surface area contributed by atoms with E-state index in [4.69, 9.17) is 9.47 Å². The van der Waals surface area contributed by atoms with E-state index in [-0.39, 0.29) is 11.9 Å². The van der Waals surface area contributed by atoms with E-state index in [0.29, 0.717) is 24.3 Å². The number of esters is 1. The predicted octanol–water partition coefficient (Wildman–Crippen LogP) is 4.42. The van der Waals surface area contributed by atoms with Crippen LogP contribution >= 0.6 is 0 Å². The lowest BCUT2D eigenvalue weighted by atomic mass is 9.84. The fourth-order valence-corrected chi connectivity index (χ4v) is 2.85. The average Bonchev–Trinajstić information content (AvgIpc) is 2.76. The Labute approximate surface area is 194 Å². The first kappa shape index (κ1) is 25.7. The van der Waals surface area contributed by atoms with Gasteiger partial charge in [0.25, 0.3) is 0 Å². The molecule has 0 unspecified atom stereocenters. The van der Waals surface area contributed by atoms with Crippen molar-refractivity contribution < 1.29 is 28.6 Å². The smallest absolute Gasteiger partial charge is 0.426 e. The van der Waals surface area contributed by atoms with Crippen molar-refractivity contribution in [1.29, 1.82) is 0 Å². The molecule has 0 saturated heterocycles. The highest BCUT2D eigenvalue weighted by molar-refractivity contribution is 5.88. The molecule has 0 aliphatic heterocycles. The topological polar surface area (TPSA) is 103 Å². The van der Waals surface area contributed by atoms with Crippen molar-refractivity contribution in [2.24, 2.45) is 0 Å². The van der Waals surface area contributed by atoms with Crippen LogP contribution in [0, 0.1) is 0 Å². The summed E-state index contributed by atoms with van der Waals surface area (Å²) in [4.78, 5) is 35.6. The Morgan fingerprint density at radius 1 is 0.818 bits per heavy atom. The number of hydrogen-bond acceptors (Lipinski definition) is 6. The van der Waals surface area contributed by atoms with Gasteiger partial charge in [0, 0.05) is 6.42 Å². The molecule has 8 heteroatoms. The lowest BCUT2D eigenvalue weighted by Crippen LogP contribution is -2.50. The molecule has 178 valence electrons. The molecule has 0 aromatic heterocycles. The van der Waals surface area contributed by atoms with Gasteiger partial charge in [-0.25, -0.2) is 10.2 Å². The molecule has 2 amide bonds. The number of hydrogen-bond donors (Lipinski definition) is 2. The fraction of sp³-hybridized carbons (Fsp3) is 0.400. The summed E-state index contributed by atoms with van der Waals surface area (Å²) in [7, 11) is 1.37. The van der Waals surface area contributed by atoms with Crippen LogP contribution in [0.3, 0.4) is 0 Å². The van der Waals surface area contributed by atoms with Gasteiger partial charge in [-0.1, -0.05) is 24.3 Å². The summed E-state index contributed by atoms with van der Waals surface area (Å²) < 4.78 is 15.6. The third-order valence-corrected chi connectivity index (χ3v) is 4.83. The van der Waals surface area contributed by atoms with E-state index in [2.05, 4.69) is 15.6 Å². The third-order valence-electron chi connectivity index (χ3n) is 4.83. The largest absolute Gasteiger partial charge is 0.469 e. The van der Waals surface area contributed by atoms with Gasteiger partial charge in [0.15, 0.2) is 0 Å². The van der Waals surface area contributed by atoms with Gasteiger partial charge in [-0.05, 0) is 76.4 Å². The van der Waals surface area contributed by atoms with Gasteiger partial charge >= 0.3 is 12.1 Å². The monoisotopic (exact) mass is 456 g/mol. The molecule has 2 aromatic rings. The Balaban J connectivity index is 1.94. The van der Waals surface area contributed by atoms with Gasteiger partial charge in [-0.2, -0.15) is 0 Å². The van der Waals surface area contributed by atoms with Crippen LogP contribution in [0.5, 0.6) is 11.5 Å². The van der Waals surface area contributed by atoms with Crippen LogP contribution in [0.15, 0.2) is 48.5 Å². The van der Waals surface area contributed by atoms with Crippen molar-refractivity contribution in [2.45, 2.75) is 58.5 Å². The number of hydrazine groups is 1. The van der Waals surface area contributed by atoms with Crippen LogP contribution in [0.1, 0.15) is 52.2 Å². The lowest BCUT2D eigenvalue weighted by Gasteiger charge is -2.25. The molecule has 0 bridgehead atoms. The zero-order chi connectivity index (χ0) is 24.6. The quantitative estimate of drug-likeness (QED) is 0.472. The highest BCUT2D eigenvalue weighted by Crippen LogP contribution is 2.28. The molecule has 8 nitrogen and oxygen atoms in total. The number of methoxy groups -OCH3 is 1. The fourth-order valence-electron chi connectivity index (χ4n) is 2.85. The van der Waals surface area contributed by atoms with E-state index in [0.717, 1.165) is 11.1 Å². The molecule has 0 fully saturated rings. The maximum atomic E-state index is 12.6. The van der Waals surface area contributed by atoms with Crippen LogP contribution in [-0.4, -0.2) is 30.7 Å². The second-order valence-corrected chi connectivity index (χ2v) is 9.05. The number of ether oxygens (including phenoxy) is 3. The van der Waals surface area contributed by atoms with Gasteiger partial charge in [0.1, 0.15) is 17.1 Å². The molecule has 0 saturated carbocycles. The van der Waals surface area contributed by atoms with E-state index in [1.165, 1.54) is 7.11 Å². The Kier molecular flexibility index (Phi) is 8.45. The van der Waals surface area contributed by atoms with Gasteiger partial charge < -0.3 is 14.2 Å². The number of amides is 2. The number of nitrogens with one attached hydrogen (secondary N) is 2. The summed E-state index contributed by atoms with van der Waals surface area (Å²) in [6.07, 6.45) is 0.197. The molecule has 0 spiro atoms. The Morgan fingerprint density at radius 2 is 1.36 bits per heavy atom. The number of carbonyl (C=O) groups excluding carboxylic acids is 3. The number of carbonyl (C=O) groups is 3. The molecular weight excluding hydrogens is 424 g/mol. The molecule has 2 N–H and O–H groups in total. The van der Waals surface area contributed by atoms with Crippen molar-refractivity contribution >= 4 is 18.0 Å². The molecule has 0 radical (unpaired) electrons. The summed E-state index contributed by atoms with van der Waals surface area (Å²) in [5.41, 5.74) is 4.86. The van der Waals surface area contributed by atoms with Crippen molar-refractivity contribution in [3.63, 3.8) is 0 Å². The van der Waals surface area contributed by atoms with Gasteiger partial charge in [-0.15, -0.1) is 0 Å². The Bertz CT molecular complexity index is 960. The summed E-state index contributed by atoms with van der Waals surface area (Å²) in [5.74, 6) is 0.643. The first-order valence-corrected chi connectivity index (χ1v) is 10.6. The van der Waals surface area contributed by atoms with Gasteiger partial charge in [-0.3, -0.25) is 15.0 Å². The molecular formula is C25H32N2O6. The Morgan fingerprint density at radius 3 is 1.88 bits per heavy atom. The summed E-state index contributed by atoms with van der Waals surface area (Å²) in [6.45, 7) is 8.72. The first-order valence-electron chi connectivity index (χ1n) is 10.6. The molecule has 0 atom stereocenters. The van der Waals surface area contributed by atoms with Crippen LogP contribution in [0.25, 0.3) is 0 Å². The van der Waals surface area contributed by atoms with Crippen molar-refractivity contribution in [3.05, 3.63) is 59.7 Å².